The summed E-state index contributed by atoms with van der Waals surface area (Å²) >= 11 is 3.46. The Balaban J connectivity index is 1.51. The van der Waals surface area contributed by atoms with Gasteiger partial charge in [-0.25, -0.2) is 4.39 Å². The first-order chi connectivity index (χ1) is 13.1. The van der Waals surface area contributed by atoms with Gasteiger partial charge in [0.25, 0.3) is 0 Å². The molecule has 0 aliphatic carbocycles. The van der Waals surface area contributed by atoms with Gasteiger partial charge in [0.1, 0.15) is 5.82 Å². The minimum atomic E-state index is -0.228. The lowest BCUT2D eigenvalue weighted by Gasteiger charge is -2.36. The number of amides is 1. The maximum Gasteiger partial charge on any atom is 0.237 e. The fourth-order valence-corrected chi connectivity index (χ4v) is 5.39. The molecule has 1 aliphatic heterocycles. The largest absolute Gasteiger partial charge is 0.329 e. The Kier molecular flexibility index (Phi) is 5.38. The summed E-state index contributed by atoms with van der Waals surface area (Å²) in [4.78, 5) is 19.6. The average molecular weight is 401 g/mol. The number of carbonyl (C=O) groups is 1. The van der Waals surface area contributed by atoms with E-state index < -0.39 is 0 Å². The Bertz CT molecular complexity index is 922. The third kappa shape index (κ3) is 3.83. The average Bonchev–Trinajstić information content (AvgIpc) is 3.34. The second-order valence-electron chi connectivity index (χ2n) is 6.82. The number of rotatable bonds is 5. The molecule has 2 aromatic heterocycles. The second kappa shape index (κ2) is 7.92. The molecule has 27 heavy (non-hydrogen) atoms. The Hall–Kier alpha value is -2.02. The van der Waals surface area contributed by atoms with Crippen LogP contribution in [0.25, 0.3) is 0 Å². The molecule has 0 spiro atoms. The topological polar surface area (TPSA) is 23.6 Å². The normalized spacial score (nSPS) is 16.6. The molecule has 3 heterocycles. The second-order valence-corrected chi connectivity index (χ2v) is 8.80. The Morgan fingerprint density at radius 3 is 2.81 bits per heavy atom. The van der Waals surface area contributed by atoms with Crippen LogP contribution in [0.1, 0.15) is 26.9 Å². The minimum absolute atomic E-state index is 0.00522. The third-order valence-corrected chi connectivity index (χ3v) is 6.82. The quantitative estimate of drug-likeness (QED) is 0.627. The van der Waals surface area contributed by atoms with Gasteiger partial charge in [-0.2, -0.15) is 0 Å². The van der Waals surface area contributed by atoms with Crippen LogP contribution >= 0.6 is 22.7 Å². The first-order valence-electron chi connectivity index (χ1n) is 8.94. The van der Waals surface area contributed by atoms with Gasteiger partial charge in [0.05, 0.1) is 12.6 Å². The first kappa shape index (κ1) is 18.3. The standard InChI is InChI=1S/C21H21FN2OS2/c1-23(13-15-5-2-3-6-17(15)22)14-20(25)24-10-8-18-16(9-12-27-18)21(24)19-7-4-11-26-19/h2-7,9,11-12,21H,8,10,13-14H2,1H3. The molecular formula is C21H21FN2OS2. The van der Waals surface area contributed by atoms with Gasteiger partial charge in [-0.1, -0.05) is 24.3 Å². The zero-order valence-electron chi connectivity index (χ0n) is 15.1. The number of halogens is 1. The third-order valence-electron chi connectivity index (χ3n) is 4.90. The zero-order chi connectivity index (χ0) is 18.8. The lowest BCUT2D eigenvalue weighted by atomic mass is 9.98. The van der Waals surface area contributed by atoms with E-state index in [1.807, 2.05) is 29.0 Å². The maximum atomic E-state index is 13.9. The number of fused-ring (bicyclic) bond motifs is 1. The fourth-order valence-electron chi connectivity index (χ4n) is 3.63. The zero-order valence-corrected chi connectivity index (χ0v) is 16.7. The highest BCUT2D eigenvalue weighted by atomic mass is 32.1. The van der Waals surface area contributed by atoms with Gasteiger partial charge in [0.15, 0.2) is 0 Å². The predicted molar refractivity (Wildman–Crippen MR) is 109 cm³/mol. The van der Waals surface area contributed by atoms with Gasteiger partial charge < -0.3 is 4.90 Å². The van der Waals surface area contributed by atoms with Crippen LogP contribution in [0, 0.1) is 5.82 Å². The van der Waals surface area contributed by atoms with Crippen LogP contribution in [0.15, 0.2) is 53.2 Å². The molecule has 1 unspecified atom stereocenters. The van der Waals surface area contributed by atoms with E-state index in [2.05, 4.69) is 22.9 Å². The summed E-state index contributed by atoms with van der Waals surface area (Å²) in [7, 11) is 1.87. The van der Waals surface area contributed by atoms with Crippen molar-refractivity contribution in [1.29, 1.82) is 0 Å². The summed E-state index contributed by atoms with van der Waals surface area (Å²) in [5.74, 6) is -0.141. The van der Waals surface area contributed by atoms with Crippen molar-refractivity contribution in [2.75, 3.05) is 20.1 Å². The number of likely N-dealkylation sites (N-methyl/N-ethyl adjacent to an activating group) is 1. The molecule has 0 saturated carbocycles. The molecular weight excluding hydrogens is 379 g/mol. The van der Waals surface area contributed by atoms with E-state index in [9.17, 15) is 9.18 Å². The highest BCUT2D eigenvalue weighted by Crippen LogP contribution is 2.39. The number of thiophene rings is 2. The van der Waals surface area contributed by atoms with Crippen molar-refractivity contribution in [3.63, 3.8) is 0 Å². The molecule has 0 radical (unpaired) electrons. The molecule has 1 aromatic carbocycles. The van der Waals surface area contributed by atoms with Gasteiger partial charge >= 0.3 is 0 Å². The Morgan fingerprint density at radius 1 is 1.19 bits per heavy atom. The first-order valence-corrected chi connectivity index (χ1v) is 10.7. The SMILES string of the molecule is CN(CC(=O)N1CCc2sccc2C1c1cccs1)Cc1ccccc1F. The van der Waals surface area contributed by atoms with Gasteiger partial charge in [0.2, 0.25) is 5.91 Å². The summed E-state index contributed by atoms with van der Waals surface area (Å²) in [6, 6.07) is 13.0. The van der Waals surface area contributed by atoms with Gasteiger partial charge in [0, 0.05) is 28.4 Å². The minimum Gasteiger partial charge on any atom is -0.329 e. The molecule has 3 aromatic rings. The van der Waals surface area contributed by atoms with Crippen molar-refractivity contribution in [2.45, 2.75) is 19.0 Å². The van der Waals surface area contributed by atoms with Crippen LogP contribution in [0.5, 0.6) is 0 Å². The molecule has 1 aliphatic rings. The lowest BCUT2D eigenvalue weighted by molar-refractivity contribution is -0.134. The molecule has 0 bridgehead atoms. The van der Waals surface area contributed by atoms with E-state index in [1.54, 1.807) is 34.8 Å². The summed E-state index contributed by atoms with van der Waals surface area (Å²) in [6.07, 6.45) is 0.900. The van der Waals surface area contributed by atoms with Crippen LogP contribution in [0.4, 0.5) is 4.39 Å². The number of benzene rings is 1. The van der Waals surface area contributed by atoms with E-state index in [1.165, 1.54) is 21.4 Å². The highest BCUT2D eigenvalue weighted by molar-refractivity contribution is 7.10. The van der Waals surface area contributed by atoms with E-state index in [-0.39, 0.29) is 24.3 Å². The van der Waals surface area contributed by atoms with Crippen molar-refractivity contribution >= 4 is 28.6 Å². The summed E-state index contributed by atoms with van der Waals surface area (Å²) in [5.41, 5.74) is 1.86. The van der Waals surface area contributed by atoms with E-state index in [4.69, 9.17) is 0 Å². The summed E-state index contributed by atoms with van der Waals surface area (Å²) in [5, 5.41) is 4.17. The number of hydrogen-bond donors (Lipinski definition) is 0. The van der Waals surface area contributed by atoms with Gasteiger partial charge in [-0.15, -0.1) is 22.7 Å². The molecule has 0 N–H and O–H groups in total. The van der Waals surface area contributed by atoms with Gasteiger partial charge in [-0.3, -0.25) is 9.69 Å². The van der Waals surface area contributed by atoms with Crippen molar-refractivity contribution < 1.29 is 9.18 Å². The molecule has 3 nitrogen and oxygen atoms in total. The van der Waals surface area contributed by atoms with E-state index in [0.717, 1.165) is 13.0 Å². The molecule has 140 valence electrons. The van der Waals surface area contributed by atoms with Crippen molar-refractivity contribution in [3.8, 4) is 0 Å². The highest BCUT2D eigenvalue weighted by Gasteiger charge is 2.33. The van der Waals surface area contributed by atoms with Crippen LogP contribution in [0.3, 0.4) is 0 Å². The van der Waals surface area contributed by atoms with Crippen molar-refractivity contribution in [2.24, 2.45) is 0 Å². The summed E-state index contributed by atoms with van der Waals surface area (Å²) < 4.78 is 13.9. The number of hydrogen-bond acceptors (Lipinski definition) is 4. The molecule has 1 atom stereocenters. The molecule has 0 saturated heterocycles. The summed E-state index contributed by atoms with van der Waals surface area (Å²) in [6.45, 7) is 1.41. The van der Waals surface area contributed by atoms with Crippen molar-refractivity contribution in [3.05, 3.63) is 79.9 Å². The van der Waals surface area contributed by atoms with Crippen molar-refractivity contribution in [1.82, 2.24) is 9.80 Å². The monoisotopic (exact) mass is 400 g/mol. The van der Waals surface area contributed by atoms with Crippen LogP contribution in [0.2, 0.25) is 0 Å². The number of nitrogens with zero attached hydrogens (tertiary/aromatic N) is 2. The fraction of sp³-hybridized carbons (Fsp3) is 0.286. The van der Waals surface area contributed by atoms with Gasteiger partial charge in [-0.05, 0) is 48.0 Å². The number of carbonyl (C=O) groups excluding carboxylic acids is 1. The van der Waals surface area contributed by atoms with E-state index >= 15 is 0 Å². The molecule has 0 fully saturated rings. The van der Waals surface area contributed by atoms with Crippen LogP contribution in [-0.2, 0) is 17.8 Å². The molecule has 1 amide bonds. The smallest absolute Gasteiger partial charge is 0.237 e. The Morgan fingerprint density at radius 2 is 2.04 bits per heavy atom. The van der Waals surface area contributed by atoms with Crippen LogP contribution in [-0.4, -0.2) is 35.8 Å². The molecule has 6 heteroatoms. The lowest BCUT2D eigenvalue weighted by Crippen LogP contribution is -2.44. The maximum absolute atomic E-state index is 13.9. The predicted octanol–water partition coefficient (Wildman–Crippen LogP) is 4.55. The molecule has 4 rings (SSSR count). The van der Waals surface area contributed by atoms with Crippen LogP contribution < -0.4 is 0 Å². The van der Waals surface area contributed by atoms with E-state index in [0.29, 0.717) is 12.1 Å². The Labute approximate surface area is 166 Å².